The number of non-ortho nitro benzene ring substituents is 1. The Morgan fingerprint density at radius 3 is 2.69 bits per heavy atom. The Labute approximate surface area is 90.9 Å². The van der Waals surface area contributed by atoms with Crippen LogP contribution >= 0.6 is 0 Å². The first-order chi connectivity index (χ1) is 7.47. The van der Waals surface area contributed by atoms with Crippen LogP contribution in [0.15, 0.2) is 18.2 Å². The molecule has 0 spiro atoms. The maximum atomic E-state index is 10.7. The van der Waals surface area contributed by atoms with E-state index < -0.39 is 16.8 Å². The summed E-state index contributed by atoms with van der Waals surface area (Å²) in [5.41, 5.74) is 0.0718. The van der Waals surface area contributed by atoms with Gasteiger partial charge in [0.05, 0.1) is 22.5 Å². The lowest BCUT2D eigenvalue weighted by atomic mass is 9.96. The molecule has 1 aromatic rings. The monoisotopic (exact) mass is 220 g/mol. The second-order valence-electron chi connectivity index (χ2n) is 3.20. The standard InChI is InChI=1S/C10H8N2O4/c1-6(10(13)14)9-3-2-8(12(15)16)4-7(9)5-11/h2-4,6H,1H3,(H,13,14). The zero-order valence-electron chi connectivity index (χ0n) is 8.38. The van der Waals surface area contributed by atoms with Gasteiger partial charge < -0.3 is 5.11 Å². The van der Waals surface area contributed by atoms with Crippen molar-refractivity contribution in [2.45, 2.75) is 12.8 Å². The highest BCUT2D eigenvalue weighted by molar-refractivity contribution is 5.76. The fourth-order valence-electron chi connectivity index (χ4n) is 1.27. The van der Waals surface area contributed by atoms with Crippen molar-refractivity contribution in [3.8, 4) is 6.07 Å². The highest BCUT2D eigenvalue weighted by Crippen LogP contribution is 2.24. The molecule has 1 rings (SSSR count). The second kappa shape index (κ2) is 4.40. The number of rotatable bonds is 3. The van der Waals surface area contributed by atoms with Crippen molar-refractivity contribution in [2.24, 2.45) is 0 Å². The van der Waals surface area contributed by atoms with Crippen LogP contribution in [0.25, 0.3) is 0 Å². The molecule has 0 aliphatic carbocycles. The van der Waals surface area contributed by atoms with Crippen LogP contribution in [0.3, 0.4) is 0 Å². The first-order valence-corrected chi connectivity index (χ1v) is 4.38. The summed E-state index contributed by atoms with van der Waals surface area (Å²) in [6.07, 6.45) is 0. The van der Waals surface area contributed by atoms with Crippen LogP contribution in [-0.4, -0.2) is 16.0 Å². The third-order valence-corrected chi connectivity index (χ3v) is 2.21. The second-order valence-corrected chi connectivity index (χ2v) is 3.20. The molecule has 0 aliphatic heterocycles. The number of carboxylic acids is 1. The van der Waals surface area contributed by atoms with E-state index >= 15 is 0 Å². The van der Waals surface area contributed by atoms with E-state index in [0.29, 0.717) is 0 Å². The molecule has 6 heteroatoms. The number of nitro groups is 1. The van der Waals surface area contributed by atoms with Gasteiger partial charge in [0.2, 0.25) is 0 Å². The molecule has 1 atom stereocenters. The molecule has 6 nitrogen and oxygen atoms in total. The predicted molar refractivity (Wildman–Crippen MR) is 53.9 cm³/mol. The van der Waals surface area contributed by atoms with Gasteiger partial charge in [-0.05, 0) is 12.5 Å². The Morgan fingerprint density at radius 1 is 1.62 bits per heavy atom. The minimum absolute atomic E-state index is 0.0177. The van der Waals surface area contributed by atoms with Gasteiger partial charge in [0.1, 0.15) is 0 Å². The Morgan fingerprint density at radius 2 is 2.25 bits per heavy atom. The molecule has 0 aromatic heterocycles. The molecule has 0 saturated heterocycles. The number of carbonyl (C=O) groups is 1. The Hall–Kier alpha value is -2.42. The average Bonchev–Trinajstić information content (AvgIpc) is 2.26. The fourth-order valence-corrected chi connectivity index (χ4v) is 1.27. The van der Waals surface area contributed by atoms with Crippen molar-refractivity contribution < 1.29 is 14.8 Å². The average molecular weight is 220 g/mol. The number of nitrogens with zero attached hydrogens (tertiary/aromatic N) is 2. The number of nitro benzene ring substituents is 1. The maximum Gasteiger partial charge on any atom is 0.310 e. The van der Waals surface area contributed by atoms with E-state index in [-0.39, 0.29) is 16.8 Å². The summed E-state index contributed by atoms with van der Waals surface area (Å²) >= 11 is 0. The van der Waals surface area contributed by atoms with Crippen molar-refractivity contribution in [2.75, 3.05) is 0 Å². The molecule has 16 heavy (non-hydrogen) atoms. The van der Waals surface area contributed by atoms with Gasteiger partial charge in [-0.1, -0.05) is 6.07 Å². The summed E-state index contributed by atoms with van der Waals surface area (Å²) in [6.45, 7) is 1.42. The first-order valence-electron chi connectivity index (χ1n) is 4.38. The fraction of sp³-hybridized carbons (Fsp3) is 0.200. The van der Waals surface area contributed by atoms with Crippen LogP contribution < -0.4 is 0 Å². The number of hydrogen-bond donors (Lipinski definition) is 1. The van der Waals surface area contributed by atoms with E-state index in [1.165, 1.54) is 19.1 Å². The van der Waals surface area contributed by atoms with E-state index in [0.717, 1.165) is 6.07 Å². The Bertz CT molecular complexity index is 490. The summed E-state index contributed by atoms with van der Waals surface area (Å²) in [5.74, 6) is -1.94. The summed E-state index contributed by atoms with van der Waals surface area (Å²) in [6, 6.07) is 5.33. The van der Waals surface area contributed by atoms with E-state index in [2.05, 4.69) is 0 Å². The lowest BCUT2D eigenvalue weighted by Gasteiger charge is -2.07. The molecule has 0 bridgehead atoms. The van der Waals surface area contributed by atoms with Crippen molar-refractivity contribution in [3.05, 3.63) is 39.4 Å². The zero-order valence-corrected chi connectivity index (χ0v) is 8.38. The third-order valence-electron chi connectivity index (χ3n) is 2.21. The number of carboxylic acid groups (broad SMARTS) is 1. The summed E-state index contributed by atoms with van der Waals surface area (Å²) in [4.78, 5) is 20.6. The molecule has 1 unspecified atom stereocenters. The molecule has 0 saturated carbocycles. The van der Waals surface area contributed by atoms with Gasteiger partial charge in [-0.2, -0.15) is 5.26 Å². The van der Waals surface area contributed by atoms with Gasteiger partial charge in [0, 0.05) is 12.1 Å². The molecule has 1 aromatic carbocycles. The van der Waals surface area contributed by atoms with Crippen LogP contribution in [0.4, 0.5) is 5.69 Å². The van der Waals surface area contributed by atoms with Crippen molar-refractivity contribution >= 4 is 11.7 Å². The zero-order chi connectivity index (χ0) is 12.3. The van der Waals surface area contributed by atoms with Gasteiger partial charge in [0.25, 0.3) is 5.69 Å². The van der Waals surface area contributed by atoms with E-state index in [1.54, 1.807) is 6.07 Å². The highest BCUT2D eigenvalue weighted by atomic mass is 16.6. The van der Waals surface area contributed by atoms with Gasteiger partial charge in [-0.25, -0.2) is 0 Å². The highest BCUT2D eigenvalue weighted by Gasteiger charge is 2.19. The molecule has 0 radical (unpaired) electrons. The first kappa shape index (κ1) is 11.7. The van der Waals surface area contributed by atoms with Crippen LogP contribution in [0, 0.1) is 21.4 Å². The topological polar surface area (TPSA) is 104 Å². The van der Waals surface area contributed by atoms with Crippen molar-refractivity contribution in [3.63, 3.8) is 0 Å². The quantitative estimate of drug-likeness (QED) is 0.616. The lowest BCUT2D eigenvalue weighted by Crippen LogP contribution is -2.09. The number of benzene rings is 1. The normalized spacial score (nSPS) is 11.5. The van der Waals surface area contributed by atoms with Crippen molar-refractivity contribution in [1.82, 2.24) is 0 Å². The van der Waals surface area contributed by atoms with Crippen molar-refractivity contribution in [1.29, 1.82) is 5.26 Å². The van der Waals surface area contributed by atoms with E-state index in [4.69, 9.17) is 10.4 Å². The molecule has 0 aliphatic rings. The molecular weight excluding hydrogens is 212 g/mol. The summed E-state index contributed by atoms with van der Waals surface area (Å²) in [7, 11) is 0. The molecule has 0 amide bonds. The molecule has 0 fully saturated rings. The Balaban J connectivity index is 3.28. The smallest absolute Gasteiger partial charge is 0.310 e. The van der Waals surface area contributed by atoms with Gasteiger partial charge in [-0.15, -0.1) is 0 Å². The minimum atomic E-state index is -1.08. The largest absolute Gasteiger partial charge is 0.481 e. The molecule has 82 valence electrons. The van der Waals surface area contributed by atoms with Gasteiger partial charge >= 0.3 is 5.97 Å². The number of aliphatic carboxylic acids is 1. The number of nitriles is 1. The number of hydrogen-bond acceptors (Lipinski definition) is 4. The summed E-state index contributed by atoms with van der Waals surface area (Å²) in [5, 5.41) is 28.0. The van der Waals surface area contributed by atoms with E-state index in [1.807, 2.05) is 0 Å². The minimum Gasteiger partial charge on any atom is -0.481 e. The van der Waals surface area contributed by atoms with Crippen LogP contribution in [0.2, 0.25) is 0 Å². The van der Waals surface area contributed by atoms with E-state index in [9.17, 15) is 14.9 Å². The van der Waals surface area contributed by atoms with Crippen LogP contribution in [0.1, 0.15) is 24.0 Å². The van der Waals surface area contributed by atoms with Crippen LogP contribution in [-0.2, 0) is 4.79 Å². The lowest BCUT2D eigenvalue weighted by molar-refractivity contribution is -0.384. The van der Waals surface area contributed by atoms with Crippen LogP contribution in [0.5, 0.6) is 0 Å². The molecule has 1 N–H and O–H groups in total. The van der Waals surface area contributed by atoms with Gasteiger partial charge in [-0.3, -0.25) is 14.9 Å². The molecular formula is C10H8N2O4. The summed E-state index contributed by atoms with van der Waals surface area (Å²) < 4.78 is 0. The predicted octanol–water partition coefficient (Wildman–Crippen LogP) is 1.65. The van der Waals surface area contributed by atoms with Gasteiger partial charge in [0.15, 0.2) is 0 Å². The maximum absolute atomic E-state index is 10.7. The SMILES string of the molecule is CC(C(=O)O)c1ccc([N+](=O)[O-])cc1C#N. The third kappa shape index (κ3) is 2.15. The Kier molecular flexibility index (Phi) is 3.20. The molecule has 0 heterocycles.